The van der Waals surface area contributed by atoms with Gasteiger partial charge < -0.3 is 4.74 Å². The first-order valence-corrected chi connectivity index (χ1v) is 7.32. The van der Waals surface area contributed by atoms with Crippen LogP contribution < -0.4 is 0 Å². The van der Waals surface area contributed by atoms with Crippen molar-refractivity contribution in [2.45, 2.75) is 50.7 Å². The van der Waals surface area contributed by atoms with Crippen LogP contribution in [0.4, 0.5) is 0 Å². The van der Waals surface area contributed by atoms with E-state index in [1.807, 2.05) is 25.1 Å². The van der Waals surface area contributed by atoms with Crippen molar-refractivity contribution >= 4 is 5.97 Å². The molecule has 3 heteroatoms. The van der Waals surface area contributed by atoms with Gasteiger partial charge in [0.1, 0.15) is 6.04 Å². The number of carbonyl (C=O) groups is 1. The molecule has 0 amide bonds. The smallest absolute Gasteiger partial charge is 0.325 e. The predicted octanol–water partition coefficient (Wildman–Crippen LogP) is 2.92. The Bertz CT molecular complexity index is 439. The summed E-state index contributed by atoms with van der Waals surface area (Å²) in [5.74, 6) is -0.0525. The lowest BCUT2D eigenvalue weighted by Crippen LogP contribution is -2.22. The Kier molecular flexibility index (Phi) is 3.56. The third-order valence-corrected chi connectivity index (χ3v) is 4.27. The van der Waals surface area contributed by atoms with E-state index in [1.54, 1.807) is 0 Å². The fraction of sp³-hybridized carbons (Fsp3) is 0.562. The molecular formula is C16H21NO2. The minimum Gasteiger partial charge on any atom is -0.465 e. The number of rotatable bonds is 4. The summed E-state index contributed by atoms with van der Waals surface area (Å²) in [4.78, 5) is 14.5. The zero-order valence-corrected chi connectivity index (χ0v) is 11.4. The van der Waals surface area contributed by atoms with Gasteiger partial charge in [0, 0.05) is 6.04 Å². The van der Waals surface area contributed by atoms with Gasteiger partial charge >= 0.3 is 5.97 Å². The average molecular weight is 259 g/mol. The predicted molar refractivity (Wildman–Crippen MR) is 73.7 cm³/mol. The summed E-state index contributed by atoms with van der Waals surface area (Å²) in [6.45, 7) is 2.34. The third-order valence-electron chi connectivity index (χ3n) is 4.27. The van der Waals surface area contributed by atoms with Gasteiger partial charge in [-0.05, 0) is 25.3 Å². The molecule has 3 atom stereocenters. The molecule has 0 radical (unpaired) electrons. The Balaban J connectivity index is 1.78. The number of hydrogen-bond acceptors (Lipinski definition) is 3. The van der Waals surface area contributed by atoms with Gasteiger partial charge in [0.25, 0.3) is 0 Å². The van der Waals surface area contributed by atoms with Crippen molar-refractivity contribution < 1.29 is 9.53 Å². The number of carbonyl (C=O) groups excluding carboxylic acids is 1. The van der Waals surface area contributed by atoms with Gasteiger partial charge in [-0.3, -0.25) is 9.69 Å². The van der Waals surface area contributed by atoms with E-state index < -0.39 is 0 Å². The molecule has 1 aliphatic carbocycles. The maximum atomic E-state index is 12.1. The summed E-state index contributed by atoms with van der Waals surface area (Å²) in [7, 11) is 0. The highest BCUT2D eigenvalue weighted by molar-refractivity contribution is 5.81. The molecule has 1 aromatic carbocycles. The molecule has 0 bridgehead atoms. The van der Waals surface area contributed by atoms with Crippen LogP contribution in [0.15, 0.2) is 30.3 Å². The van der Waals surface area contributed by atoms with Crippen molar-refractivity contribution in [3.05, 3.63) is 35.9 Å². The largest absolute Gasteiger partial charge is 0.465 e. The Morgan fingerprint density at radius 3 is 2.58 bits per heavy atom. The Morgan fingerprint density at radius 1 is 1.26 bits per heavy atom. The summed E-state index contributed by atoms with van der Waals surface area (Å²) in [5.41, 5.74) is 1.24. The highest BCUT2D eigenvalue weighted by Crippen LogP contribution is 2.48. The number of hydrogen-bond donors (Lipinski definition) is 0. The molecule has 2 fully saturated rings. The van der Waals surface area contributed by atoms with Gasteiger partial charge in [0.2, 0.25) is 0 Å². The van der Waals surface area contributed by atoms with E-state index in [2.05, 4.69) is 17.0 Å². The molecule has 3 nitrogen and oxygen atoms in total. The normalized spacial score (nSPS) is 30.3. The van der Waals surface area contributed by atoms with Crippen LogP contribution in [-0.2, 0) is 9.53 Å². The third kappa shape index (κ3) is 2.39. The second-order valence-electron chi connectivity index (χ2n) is 5.44. The van der Waals surface area contributed by atoms with Gasteiger partial charge in [-0.2, -0.15) is 0 Å². The van der Waals surface area contributed by atoms with Gasteiger partial charge in [0.05, 0.1) is 12.6 Å². The zero-order chi connectivity index (χ0) is 13.2. The molecule has 2 aliphatic rings. The summed E-state index contributed by atoms with van der Waals surface area (Å²) >= 11 is 0. The first kappa shape index (κ1) is 12.7. The molecule has 0 N–H and O–H groups in total. The Morgan fingerprint density at radius 2 is 1.95 bits per heavy atom. The van der Waals surface area contributed by atoms with Crippen LogP contribution in [0.2, 0.25) is 0 Å². The SMILES string of the molecule is CCOC(=O)[C@@H]1[C@@H](c2ccccc2)N1C1CCCC1. The minimum atomic E-state index is -0.0525. The molecule has 1 heterocycles. The van der Waals surface area contributed by atoms with Crippen LogP contribution in [0.1, 0.15) is 44.2 Å². The van der Waals surface area contributed by atoms with Gasteiger partial charge in [0.15, 0.2) is 0 Å². The first-order valence-electron chi connectivity index (χ1n) is 7.32. The molecule has 19 heavy (non-hydrogen) atoms. The van der Waals surface area contributed by atoms with Crippen molar-refractivity contribution in [3.8, 4) is 0 Å². The fourth-order valence-corrected chi connectivity index (χ4v) is 3.39. The number of benzene rings is 1. The Labute approximate surface area is 114 Å². The topological polar surface area (TPSA) is 29.3 Å². The van der Waals surface area contributed by atoms with Crippen LogP contribution in [0.5, 0.6) is 0 Å². The lowest BCUT2D eigenvalue weighted by molar-refractivity contribution is -0.143. The molecule has 0 aromatic heterocycles. The molecule has 1 aromatic rings. The lowest BCUT2D eigenvalue weighted by atomic mass is 10.1. The summed E-state index contributed by atoms with van der Waals surface area (Å²) < 4.78 is 5.23. The average Bonchev–Trinajstić information content (AvgIpc) is 2.95. The number of nitrogens with zero attached hydrogens (tertiary/aromatic N) is 1. The molecule has 1 saturated carbocycles. The lowest BCUT2D eigenvalue weighted by Gasteiger charge is -2.12. The molecule has 1 unspecified atom stereocenters. The maximum Gasteiger partial charge on any atom is 0.325 e. The number of ether oxygens (including phenoxy) is 1. The van der Waals surface area contributed by atoms with Crippen LogP contribution in [0.3, 0.4) is 0 Å². The second-order valence-corrected chi connectivity index (χ2v) is 5.44. The second kappa shape index (κ2) is 5.33. The van der Waals surface area contributed by atoms with E-state index in [9.17, 15) is 4.79 Å². The number of esters is 1. The van der Waals surface area contributed by atoms with Crippen LogP contribution in [0, 0.1) is 0 Å². The van der Waals surface area contributed by atoms with Crippen LogP contribution >= 0.6 is 0 Å². The first-order chi connectivity index (χ1) is 9.33. The van der Waals surface area contributed by atoms with Crippen LogP contribution in [-0.4, -0.2) is 29.6 Å². The monoisotopic (exact) mass is 259 g/mol. The van der Waals surface area contributed by atoms with E-state index in [0.717, 1.165) is 0 Å². The zero-order valence-electron chi connectivity index (χ0n) is 11.4. The highest BCUT2D eigenvalue weighted by atomic mass is 16.5. The fourth-order valence-electron chi connectivity index (χ4n) is 3.39. The van der Waals surface area contributed by atoms with E-state index in [-0.39, 0.29) is 18.1 Å². The molecular weight excluding hydrogens is 238 g/mol. The standard InChI is InChI=1S/C16H21NO2/c1-2-19-16(18)15-14(12-8-4-3-5-9-12)17(15)13-10-6-7-11-13/h3-5,8-9,13-15H,2,6-7,10-11H2,1H3/t14-,15+,17?/m1/s1. The summed E-state index contributed by atoms with van der Waals surface area (Å²) in [6, 6.07) is 11.1. The van der Waals surface area contributed by atoms with Crippen molar-refractivity contribution in [2.75, 3.05) is 6.61 Å². The van der Waals surface area contributed by atoms with E-state index in [1.165, 1.54) is 31.2 Å². The molecule has 102 valence electrons. The minimum absolute atomic E-state index is 0.0505. The summed E-state index contributed by atoms with van der Waals surface area (Å²) in [5, 5.41) is 0. The highest BCUT2D eigenvalue weighted by Gasteiger charge is 2.57. The van der Waals surface area contributed by atoms with Crippen molar-refractivity contribution in [3.63, 3.8) is 0 Å². The van der Waals surface area contributed by atoms with Gasteiger partial charge in [-0.15, -0.1) is 0 Å². The van der Waals surface area contributed by atoms with Crippen molar-refractivity contribution in [1.29, 1.82) is 0 Å². The summed E-state index contributed by atoms with van der Waals surface area (Å²) in [6.07, 6.45) is 5.02. The van der Waals surface area contributed by atoms with E-state index in [4.69, 9.17) is 4.74 Å². The quantitative estimate of drug-likeness (QED) is 0.615. The van der Waals surface area contributed by atoms with E-state index in [0.29, 0.717) is 12.6 Å². The molecule has 3 rings (SSSR count). The van der Waals surface area contributed by atoms with E-state index >= 15 is 0 Å². The molecule has 1 aliphatic heterocycles. The van der Waals surface area contributed by atoms with Crippen molar-refractivity contribution in [1.82, 2.24) is 4.90 Å². The molecule has 0 spiro atoms. The van der Waals surface area contributed by atoms with Gasteiger partial charge in [-0.25, -0.2) is 0 Å². The Hall–Kier alpha value is -1.35. The van der Waals surface area contributed by atoms with Crippen LogP contribution in [0.25, 0.3) is 0 Å². The van der Waals surface area contributed by atoms with Crippen molar-refractivity contribution in [2.24, 2.45) is 0 Å². The molecule has 1 saturated heterocycles. The van der Waals surface area contributed by atoms with Gasteiger partial charge in [-0.1, -0.05) is 43.2 Å². The maximum absolute atomic E-state index is 12.1.